The third-order valence-electron chi connectivity index (χ3n) is 2.77. The second-order valence-electron chi connectivity index (χ2n) is 4.08. The summed E-state index contributed by atoms with van der Waals surface area (Å²) in [7, 11) is 2.02. The molecular weight excluding hydrogens is 285 g/mol. The van der Waals surface area contributed by atoms with Crippen molar-refractivity contribution >= 4 is 30.7 Å². The lowest BCUT2D eigenvalue weighted by Gasteiger charge is -2.16. The van der Waals surface area contributed by atoms with E-state index in [0.29, 0.717) is 6.54 Å². The van der Waals surface area contributed by atoms with E-state index in [4.69, 9.17) is 5.73 Å². The Bertz CT molecular complexity index is 349. The molecule has 1 unspecified atom stereocenters. The Labute approximate surface area is 127 Å². The minimum Gasteiger partial charge on any atom is -0.353 e. The molecule has 0 aliphatic carbocycles. The molecule has 1 rings (SSSR count). The molecule has 0 saturated carbocycles. The quantitative estimate of drug-likeness (QED) is 0.839. The van der Waals surface area contributed by atoms with Crippen LogP contribution in [0.15, 0.2) is 30.3 Å². The summed E-state index contributed by atoms with van der Waals surface area (Å²) in [5, 5.41) is 2.84. The average Bonchev–Trinajstić information content (AvgIpc) is 2.38. The van der Waals surface area contributed by atoms with E-state index in [0.717, 1.165) is 18.7 Å². The summed E-state index contributed by atoms with van der Waals surface area (Å²) in [5.41, 5.74) is 6.70. The van der Waals surface area contributed by atoms with E-state index in [2.05, 4.69) is 17.1 Å². The summed E-state index contributed by atoms with van der Waals surface area (Å²) >= 11 is 0. The molecule has 0 saturated heterocycles. The van der Waals surface area contributed by atoms with Gasteiger partial charge in [0.2, 0.25) is 5.91 Å². The van der Waals surface area contributed by atoms with E-state index in [9.17, 15) is 4.79 Å². The molecule has 1 aromatic rings. The molecule has 1 aromatic carbocycles. The van der Waals surface area contributed by atoms with Gasteiger partial charge in [-0.2, -0.15) is 0 Å². The van der Waals surface area contributed by atoms with Gasteiger partial charge in [0.25, 0.3) is 0 Å². The monoisotopic (exact) mass is 307 g/mol. The predicted octanol–water partition coefficient (Wildman–Crippen LogP) is 1.60. The molecule has 19 heavy (non-hydrogen) atoms. The Morgan fingerprint density at radius 1 is 1.32 bits per heavy atom. The number of nitrogens with zero attached hydrogens (tertiary/aromatic N) is 1. The van der Waals surface area contributed by atoms with Crippen LogP contribution in [0.3, 0.4) is 0 Å². The van der Waals surface area contributed by atoms with E-state index < -0.39 is 6.04 Å². The molecule has 6 heteroatoms. The van der Waals surface area contributed by atoms with Gasteiger partial charge < -0.3 is 16.0 Å². The maximum Gasteiger partial charge on any atom is 0.241 e. The summed E-state index contributed by atoms with van der Waals surface area (Å²) in [6, 6.07) is 8.82. The number of benzene rings is 1. The third-order valence-corrected chi connectivity index (χ3v) is 2.77. The summed E-state index contributed by atoms with van der Waals surface area (Å²) in [5.74, 6) is -0.124. The molecule has 0 fully saturated rings. The van der Waals surface area contributed by atoms with Gasteiger partial charge in [0.05, 0.1) is 0 Å². The van der Waals surface area contributed by atoms with E-state index in [1.54, 1.807) is 0 Å². The predicted molar refractivity (Wildman–Crippen MR) is 84.0 cm³/mol. The summed E-state index contributed by atoms with van der Waals surface area (Å²) < 4.78 is 0. The van der Waals surface area contributed by atoms with E-state index in [1.165, 1.54) is 0 Å². The maximum absolute atomic E-state index is 11.8. The molecule has 0 aromatic heterocycles. The first kappa shape index (κ1) is 20.5. The van der Waals surface area contributed by atoms with Crippen LogP contribution in [-0.2, 0) is 4.79 Å². The number of halogens is 2. The molecular formula is C13H23Cl2N3O. The number of hydrogen-bond acceptors (Lipinski definition) is 3. The number of rotatable bonds is 6. The van der Waals surface area contributed by atoms with Crippen molar-refractivity contribution in [3.8, 4) is 0 Å². The standard InChI is InChI=1S/C13H21N3O.2ClH/c1-3-16(2)10-9-15-13(17)12(14)11-7-5-4-6-8-11;;/h4-8,12H,3,9-10,14H2,1-2H3,(H,15,17);2*1H. The fraction of sp³-hybridized carbons (Fsp3) is 0.462. The Balaban J connectivity index is 0. The summed E-state index contributed by atoms with van der Waals surface area (Å²) in [4.78, 5) is 13.9. The molecule has 1 amide bonds. The van der Waals surface area contributed by atoms with Crippen molar-refractivity contribution < 1.29 is 4.79 Å². The van der Waals surface area contributed by atoms with Gasteiger partial charge in [0, 0.05) is 13.1 Å². The zero-order valence-electron chi connectivity index (χ0n) is 11.3. The second kappa shape index (κ2) is 11.1. The average molecular weight is 308 g/mol. The van der Waals surface area contributed by atoms with Crippen LogP contribution in [0.2, 0.25) is 0 Å². The number of nitrogens with one attached hydrogen (secondary N) is 1. The maximum atomic E-state index is 11.8. The van der Waals surface area contributed by atoms with Crippen molar-refractivity contribution in [1.82, 2.24) is 10.2 Å². The smallest absolute Gasteiger partial charge is 0.241 e. The van der Waals surface area contributed by atoms with E-state index in [1.807, 2.05) is 37.4 Å². The number of likely N-dealkylation sites (N-methyl/N-ethyl adjacent to an activating group) is 1. The number of hydrogen-bond donors (Lipinski definition) is 2. The van der Waals surface area contributed by atoms with Gasteiger partial charge in [-0.1, -0.05) is 37.3 Å². The molecule has 0 spiro atoms. The molecule has 0 bridgehead atoms. The second-order valence-corrected chi connectivity index (χ2v) is 4.08. The van der Waals surface area contributed by atoms with Gasteiger partial charge in [0.1, 0.15) is 6.04 Å². The molecule has 3 N–H and O–H groups in total. The SMILES string of the molecule is CCN(C)CCNC(=O)C(N)c1ccccc1.Cl.Cl. The highest BCUT2D eigenvalue weighted by Crippen LogP contribution is 2.08. The highest BCUT2D eigenvalue weighted by molar-refractivity contribution is 5.85. The molecule has 0 aliphatic heterocycles. The van der Waals surface area contributed by atoms with Crippen LogP contribution in [-0.4, -0.2) is 37.5 Å². The highest BCUT2D eigenvalue weighted by atomic mass is 35.5. The summed E-state index contributed by atoms with van der Waals surface area (Å²) in [6.45, 7) is 4.52. The molecule has 0 radical (unpaired) electrons. The Kier molecular flexibility index (Phi) is 11.9. The third kappa shape index (κ3) is 7.38. The Morgan fingerprint density at radius 2 is 1.89 bits per heavy atom. The lowest BCUT2D eigenvalue weighted by molar-refractivity contribution is -0.122. The number of carbonyl (C=O) groups excluding carboxylic acids is 1. The van der Waals surface area contributed by atoms with Crippen LogP contribution < -0.4 is 11.1 Å². The van der Waals surface area contributed by atoms with Gasteiger partial charge >= 0.3 is 0 Å². The van der Waals surface area contributed by atoms with E-state index >= 15 is 0 Å². The Morgan fingerprint density at radius 3 is 2.42 bits per heavy atom. The van der Waals surface area contributed by atoms with Crippen molar-refractivity contribution in [3.63, 3.8) is 0 Å². The first-order chi connectivity index (χ1) is 8.15. The highest BCUT2D eigenvalue weighted by Gasteiger charge is 2.14. The topological polar surface area (TPSA) is 58.4 Å². The van der Waals surface area contributed by atoms with Crippen LogP contribution in [0.4, 0.5) is 0 Å². The van der Waals surface area contributed by atoms with Gasteiger partial charge in [-0.05, 0) is 19.2 Å². The van der Waals surface area contributed by atoms with Crippen molar-refractivity contribution in [3.05, 3.63) is 35.9 Å². The van der Waals surface area contributed by atoms with E-state index in [-0.39, 0.29) is 30.7 Å². The molecule has 0 heterocycles. The Hall–Kier alpha value is -0.810. The normalized spacial score (nSPS) is 11.2. The molecule has 110 valence electrons. The molecule has 1 atom stereocenters. The fourth-order valence-corrected chi connectivity index (χ4v) is 1.45. The fourth-order valence-electron chi connectivity index (χ4n) is 1.45. The van der Waals surface area contributed by atoms with Crippen molar-refractivity contribution in [2.45, 2.75) is 13.0 Å². The zero-order chi connectivity index (χ0) is 12.7. The van der Waals surface area contributed by atoms with Crippen LogP contribution in [0.25, 0.3) is 0 Å². The largest absolute Gasteiger partial charge is 0.353 e. The minimum atomic E-state index is -0.580. The van der Waals surface area contributed by atoms with Crippen molar-refractivity contribution in [1.29, 1.82) is 0 Å². The van der Waals surface area contributed by atoms with Gasteiger partial charge in [-0.25, -0.2) is 0 Å². The van der Waals surface area contributed by atoms with Gasteiger partial charge in [-0.15, -0.1) is 24.8 Å². The van der Waals surface area contributed by atoms with Gasteiger partial charge in [0.15, 0.2) is 0 Å². The minimum absolute atomic E-state index is 0. The molecule has 0 aliphatic rings. The van der Waals surface area contributed by atoms with Gasteiger partial charge in [-0.3, -0.25) is 4.79 Å². The zero-order valence-corrected chi connectivity index (χ0v) is 13.0. The number of amides is 1. The first-order valence-electron chi connectivity index (χ1n) is 5.92. The van der Waals surface area contributed by atoms with Crippen molar-refractivity contribution in [2.75, 3.05) is 26.7 Å². The lowest BCUT2D eigenvalue weighted by Crippen LogP contribution is -2.38. The van der Waals surface area contributed by atoms with Crippen LogP contribution in [0, 0.1) is 0 Å². The van der Waals surface area contributed by atoms with Crippen LogP contribution >= 0.6 is 24.8 Å². The van der Waals surface area contributed by atoms with Crippen molar-refractivity contribution in [2.24, 2.45) is 5.73 Å². The molecule has 4 nitrogen and oxygen atoms in total. The summed E-state index contributed by atoms with van der Waals surface area (Å²) in [6.07, 6.45) is 0. The van der Waals surface area contributed by atoms with Crippen LogP contribution in [0.1, 0.15) is 18.5 Å². The van der Waals surface area contributed by atoms with Crippen LogP contribution in [0.5, 0.6) is 0 Å². The first-order valence-corrected chi connectivity index (χ1v) is 5.92. The lowest BCUT2D eigenvalue weighted by atomic mass is 10.1. The number of carbonyl (C=O) groups is 1. The number of nitrogens with two attached hydrogens (primary N) is 1.